The van der Waals surface area contributed by atoms with Gasteiger partial charge in [-0.1, -0.05) is 12.1 Å². The highest BCUT2D eigenvalue weighted by atomic mass is 32.1. The number of benzene rings is 1. The Hall–Kier alpha value is -3.06. The largest absolute Gasteiger partial charge is 0.352 e. The van der Waals surface area contributed by atoms with Crippen LogP contribution >= 0.6 is 11.3 Å². The van der Waals surface area contributed by atoms with Crippen LogP contribution in [-0.2, 0) is 17.8 Å². The van der Waals surface area contributed by atoms with Gasteiger partial charge in [-0.3, -0.25) is 14.6 Å². The molecule has 3 rings (SSSR count). The van der Waals surface area contributed by atoms with Crippen LogP contribution < -0.4 is 5.32 Å². The fourth-order valence-corrected chi connectivity index (χ4v) is 3.27. The Morgan fingerprint density at radius 1 is 1.15 bits per heavy atom. The molecule has 3 aromatic rings. The first-order valence-electron chi connectivity index (χ1n) is 8.45. The van der Waals surface area contributed by atoms with Crippen molar-refractivity contribution < 1.29 is 9.59 Å². The molecule has 0 spiro atoms. The Balaban J connectivity index is 1.53. The van der Waals surface area contributed by atoms with Gasteiger partial charge in [-0.15, -0.1) is 11.3 Å². The van der Waals surface area contributed by atoms with Gasteiger partial charge in [-0.2, -0.15) is 0 Å². The van der Waals surface area contributed by atoms with E-state index in [1.54, 1.807) is 38.6 Å². The van der Waals surface area contributed by atoms with Gasteiger partial charge in [0.2, 0.25) is 5.91 Å². The van der Waals surface area contributed by atoms with Crippen LogP contribution in [0.1, 0.15) is 21.6 Å². The maximum Gasteiger partial charge on any atom is 0.253 e. The zero-order valence-electron chi connectivity index (χ0n) is 15.2. The minimum absolute atomic E-state index is 0.0430. The molecule has 0 aliphatic rings. The molecule has 0 aliphatic heterocycles. The van der Waals surface area contributed by atoms with Crippen molar-refractivity contribution in [3.63, 3.8) is 0 Å². The minimum Gasteiger partial charge on any atom is -0.352 e. The zero-order chi connectivity index (χ0) is 19.2. The molecule has 0 saturated carbocycles. The smallest absolute Gasteiger partial charge is 0.253 e. The molecular weight excluding hydrogens is 360 g/mol. The van der Waals surface area contributed by atoms with Gasteiger partial charge in [-0.05, 0) is 29.8 Å². The third kappa shape index (κ3) is 4.98. The average Bonchev–Trinajstić information content (AvgIpc) is 3.15. The summed E-state index contributed by atoms with van der Waals surface area (Å²) in [7, 11) is 3.43. The maximum atomic E-state index is 12.2. The number of amides is 2. The Kier molecular flexibility index (Phi) is 5.93. The number of aromatic nitrogens is 2. The SMILES string of the molecule is CN(C)C(=O)c1ccc(CNC(=O)Cc2csc(-c3cccnc3)n2)cc1. The lowest BCUT2D eigenvalue weighted by atomic mass is 10.1. The number of thiazole rings is 1. The van der Waals surface area contributed by atoms with E-state index in [0.29, 0.717) is 12.1 Å². The van der Waals surface area contributed by atoms with Crippen LogP contribution in [0.4, 0.5) is 0 Å². The van der Waals surface area contributed by atoms with Gasteiger partial charge < -0.3 is 10.2 Å². The molecule has 2 amide bonds. The molecule has 1 aromatic carbocycles. The highest BCUT2D eigenvalue weighted by Crippen LogP contribution is 2.22. The molecule has 2 aromatic heterocycles. The number of carbonyl (C=O) groups excluding carboxylic acids is 2. The number of carbonyl (C=O) groups is 2. The van der Waals surface area contributed by atoms with E-state index in [1.807, 2.05) is 29.6 Å². The van der Waals surface area contributed by atoms with Gasteiger partial charge in [-0.25, -0.2) is 4.98 Å². The van der Waals surface area contributed by atoms with E-state index < -0.39 is 0 Å². The second-order valence-electron chi connectivity index (χ2n) is 6.24. The molecule has 2 heterocycles. The second-order valence-corrected chi connectivity index (χ2v) is 7.09. The van der Waals surface area contributed by atoms with Crippen molar-refractivity contribution in [3.8, 4) is 10.6 Å². The van der Waals surface area contributed by atoms with E-state index in [2.05, 4.69) is 15.3 Å². The lowest BCUT2D eigenvalue weighted by Gasteiger charge is -2.10. The molecule has 7 heteroatoms. The normalized spacial score (nSPS) is 10.4. The molecule has 6 nitrogen and oxygen atoms in total. The predicted molar refractivity (Wildman–Crippen MR) is 105 cm³/mol. The molecule has 27 heavy (non-hydrogen) atoms. The summed E-state index contributed by atoms with van der Waals surface area (Å²) in [6.07, 6.45) is 3.70. The number of pyridine rings is 1. The predicted octanol–water partition coefficient (Wildman–Crippen LogP) is 2.77. The summed E-state index contributed by atoms with van der Waals surface area (Å²) in [4.78, 5) is 34.2. The number of hydrogen-bond donors (Lipinski definition) is 1. The maximum absolute atomic E-state index is 12.2. The Morgan fingerprint density at radius 3 is 2.59 bits per heavy atom. The number of rotatable bonds is 6. The topological polar surface area (TPSA) is 75.2 Å². The summed E-state index contributed by atoms with van der Waals surface area (Å²) in [6, 6.07) is 11.0. The van der Waals surface area contributed by atoms with Gasteiger partial charge in [0.1, 0.15) is 5.01 Å². The van der Waals surface area contributed by atoms with Crippen molar-refractivity contribution in [2.45, 2.75) is 13.0 Å². The van der Waals surface area contributed by atoms with Crippen LogP contribution in [-0.4, -0.2) is 40.8 Å². The summed E-state index contributed by atoms with van der Waals surface area (Å²) in [5.74, 6) is -0.134. The summed E-state index contributed by atoms with van der Waals surface area (Å²) in [5, 5.41) is 5.63. The summed E-state index contributed by atoms with van der Waals surface area (Å²) in [6.45, 7) is 0.412. The highest BCUT2D eigenvalue weighted by Gasteiger charge is 2.10. The van der Waals surface area contributed by atoms with E-state index in [4.69, 9.17) is 0 Å². The average molecular weight is 380 g/mol. The molecular formula is C20H20N4O2S. The van der Waals surface area contributed by atoms with E-state index in [-0.39, 0.29) is 18.2 Å². The van der Waals surface area contributed by atoms with Gasteiger partial charge in [0.05, 0.1) is 12.1 Å². The Bertz CT molecular complexity index is 921. The van der Waals surface area contributed by atoms with Crippen molar-refractivity contribution in [3.05, 3.63) is 71.0 Å². The Labute approximate surface area is 161 Å². The van der Waals surface area contributed by atoms with Crippen LogP contribution in [0.5, 0.6) is 0 Å². The van der Waals surface area contributed by atoms with Crippen LogP contribution in [0.25, 0.3) is 10.6 Å². The monoisotopic (exact) mass is 380 g/mol. The number of hydrogen-bond acceptors (Lipinski definition) is 5. The summed E-state index contributed by atoms with van der Waals surface area (Å²) in [5.41, 5.74) is 3.25. The van der Waals surface area contributed by atoms with Gasteiger partial charge in [0, 0.05) is 49.5 Å². The summed E-state index contributed by atoms with van der Waals surface area (Å²) < 4.78 is 0. The molecule has 0 bridgehead atoms. The fraction of sp³-hybridized carbons (Fsp3) is 0.200. The molecule has 0 saturated heterocycles. The van der Waals surface area contributed by atoms with Crippen LogP contribution in [0.15, 0.2) is 54.2 Å². The molecule has 138 valence electrons. The third-order valence-electron chi connectivity index (χ3n) is 3.90. The molecule has 0 unspecified atom stereocenters. The van der Waals surface area contributed by atoms with Crippen molar-refractivity contribution >= 4 is 23.2 Å². The first-order valence-corrected chi connectivity index (χ1v) is 9.33. The molecule has 0 atom stereocenters. The van der Waals surface area contributed by atoms with Crippen molar-refractivity contribution in [1.82, 2.24) is 20.2 Å². The van der Waals surface area contributed by atoms with Crippen molar-refractivity contribution in [2.75, 3.05) is 14.1 Å². The van der Waals surface area contributed by atoms with Crippen LogP contribution in [0.3, 0.4) is 0 Å². The summed E-state index contributed by atoms with van der Waals surface area (Å²) >= 11 is 1.50. The second kappa shape index (κ2) is 8.55. The quantitative estimate of drug-likeness (QED) is 0.714. The number of nitrogens with one attached hydrogen (secondary N) is 1. The van der Waals surface area contributed by atoms with Crippen LogP contribution in [0, 0.1) is 0 Å². The lowest BCUT2D eigenvalue weighted by molar-refractivity contribution is -0.120. The van der Waals surface area contributed by atoms with Gasteiger partial charge in [0.25, 0.3) is 5.91 Å². The lowest BCUT2D eigenvalue weighted by Crippen LogP contribution is -2.25. The third-order valence-corrected chi connectivity index (χ3v) is 4.84. The molecule has 1 N–H and O–H groups in total. The molecule has 0 aliphatic carbocycles. The highest BCUT2D eigenvalue weighted by molar-refractivity contribution is 7.13. The standard InChI is InChI=1S/C20H20N4O2S/c1-24(2)20(26)15-7-5-14(6-8-15)11-22-18(25)10-17-13-27-19(23-17)16-4-3-9-21-12-16/h3-9,12-13H,10-11H2,1-2H3,(H,22,25). The van der Waals surface area contributed by atoms with Crippen molar-refractivity contribution in [1.29, 1.82) is 0 Å². The zero-order valence-corrected chi connectivity index (χ0v) is 16.0. The van der Waals surface area contributed by atoms with Crippen molar-refractivity contribution in [2.24, 2.45) is 0 Å². The molecule has 0 radical (unpaired) electrons. The number of nitrogens with zero attached hydrogens (tertiary/aromatic N) is 3. The van der Waals surface area contributed by atoms with E-state index in [0.717, 1.165) is 21.8 Å². The Morgan fingerprint density at radius 2 is 1.93 bits per heavy atom. The van der Waals surface area contributed by atoms with E-state index in [9.17, 15) is 9.59 Å². The van der Waals surface area contributed by atoms with E-state index >= 15 is 0 Å². The minimum atomic E-state index is -0.0912. The molecule has 0 fully saturated rings. The van der Waals surface area contributed by atoms with E-state index in [1.165, 1.54) is 16.2 Å². The van der Waals surface area contributed by atoms with Gasteiger partial charge >= 0.3 is 0 Å². The first kappa shape index (κ1) is 18.7. The first-order chi connectivity index (χ1) is 13.0. The van der Waals surface area contributed by atoms with Crippen LogP contribution in [0.2, 0.25) is 0 Å². The van der Waals surface area contributed by atoms with Gasteiger partial charge in [0.15, 0.2) is 0 Å². The fourth-order valence-electron chi connectivity index (χ4n) is 2.46.